The van der Waals surface area contributed by atoms with Gasteiger partial charge in [-0.05, 0) is 67.8 Å². The Hall–Kier alpha value is -4.16. The van der Waals surface area contributed by atoms with Crippen LogP contribution in [0.4, 0.5) is 0 Å². The van der Waals surface area contributed by atoms with E-state index in [1.807, 2.05) is 0 Å². The van der Waals surface area contributed by atoms with Crippen molar-refractivity contribution in [2.75, 3.05) is 6.61 Å². The fraction of sp³-hybridized carbons (Fsp3) is 0.259. The minimum absolute atomic E-state index is 0.289. The summed E-state index contributed by atoms with van der Waals surface area (Å²) in [6.07, 6.45) is 8.96. The van der Waals surface area contributed by atoms with Crippen LogP contribution < -0.4 is 18.9 Å². The van der Waals surface area contributed by atoms with E-state index in [9.17, 15) is 9.59 Å². The highest BCUT2D eigenvalue weighted by Crippen LogP contribution is 2.19. The molecule has 33 heavy (non-hydrogen) atoms. The van der Waals surface area contributed by atoms with Gasteiger partial charge in [-0.15, -0.1) is 0 Å². The van der Waals surface area contributed by atoms with Crippen LogP contribution in [0.15, 0.2) is 60.7 Å². The molecule has 0 radical (unpaired) electrons. The third-order valence-electron chi connectivity index (χ3n) is 4.11. The summed E-state index contributed by atoms with van der Waals surface area (Å²) in [5.74, 6) is 8.11. The van der Waals surface area contributed by atoms with Crippen LogP contribution in [-0.2, 0) is 9.59 Å². The van der Waals surface area contributed by atoms with Crippen molar-refractivity contribution in [1.29, 1.82) is 0 Å². The van der Waals surface area contributed by atoms with Crippen molar-refractivity contribution in [1.82, 2.24) is 0 Å². The van der Waals surface area contributed by atoms with Gasteiger partial charge in [-0.3, -0.25) is 0 Å². The second-order valence-corrected chi connectivity index (χ2v) is 6.73. The van der Waals surface area contributed by atoms with Gasteiger partial charge in [-0.25, -0.2) is 9.59 Å². The van der Waals surface area contributed by atoms with Crippen LogP contribution in [0.5, 0.6) is 23.0 Å². The molecule has 0 saturated heterocycles. The molecule has 0 saturated carbocycles. The summed E-state index contributed by atoms with van der Waals surface area (Å²) >= 11 is 0. The Balaban J connectivity index is 1.75. The summed E-state index contributed by atoms with van der Waals surface area (Å²) < 4.78 is 21.1. The Morgan fingerprint density at radius 2 is 1.30 bits per heavy atom. The highest BCUT2D eigenvalue weighted by molar-refractivity contribution is 5.93. The third-order valence-corrected chi connectivity index (χ3v) is 4.11. The van der Waals surface area contributed by atoms with Gasteiger partial charge >= 0.3 is 11.9 Å². The van der Waals surface area contributed by atoms with E-state index < -0.39 is 11.9 Å². The highest BCUT2D eigenvalue weighted by Gasteiger charge is 2.05. The molecule has 0 heterocycles. The van der Waals surface area contributed by atoms with E-state index in [1.54, 1.807) is 55.5 Å². The molecule has 0 unspecified atom stereocenters. The lowest BCUT2D eigenvalue weighted by atomic mass is 10.2. The number of hydrogen-bond donors (Lipinski definition) is 0. The van der Waals surface area contributed by atoms with Crippen molar-refractivity contribution in [3.8, 4) is 46.9 Å². The second kappa shape index (κ2) is 14.8. The van der Waals surface area contributed by atoms with Gasteiger partial charge in [0.2, 0.25) is 0 Å². The van der Waals surface area contributed by atoms with Gasteiger partial charge in [0, 0.05) is 18.1 Å². The van der Waals surface area contributed by atoms with Gasteiger partial charge in [0.25, 0.3) is 0 Å². The van der Waals surface area contributed by atoms with Gasteiger partial charge in [-0.2, -0.15) is 0 Å². The van der Waals surface area contributed by atoms with E-state index >= 15 is 0 Å². The Labute approximate surface area is 194 Å². The smallest absolute Gasteiger partial charge is 0.336 e. The van der Waals surface area contributed by atoms with Crippen LogP contribution >= 0.6 is 0 Å². The number of ether oxygens (including phenoxy) is 4. The first-order valence-corrected chi connectivity index (χ1v) is 10.6. The fourth-order valence-corrected chi connectivity index (χ4v) is 2.51. The number of benzene rings is 2. The Kier molecular flexibility index (Phi) is 11.2. The van der Waals surface area contributed by atoms with Gasteiger partial charge in [0.15, 0.2) is 0 Å². The summed E-state index contributed by atoms with van der Waals surface area (Å²) in [5.41, 5.74) is 0. The Morgan fingerprint density at radius 3 is 1.85 bits per heavy atom. The van der Waals surface area contributed by atoms with Crippen molar-refractivity contribution in [2.45, 2.75) is 39.5 Å². The van der Waals surface area contributed by atoms with E-state index in [2.05, 4.69) is 30.8 Å². The maximum Gasteiger partial charge on any atom is 0.336 e. The molecule has 0 aliphatic heterocycles. The molecular formula is C27H26O6. The molecule has 0 aliphatic rings. The van der Waals surface area contributed by atoms with Crippen molar-refractivity contribution in [2.24, 2.45) is 0 Å². The van der Waals surface area contributed by atoms with Crippen LogP contribution in [0.3, 0.4) is 0 Å². The minimum atomic E-state index is -0.717. The maximum atomic E-state index is 11.9. The molecule has 0 amide bonds. The number of carbonyl (C=O) groups excluding carboxylic acids is 2. The number of esters is 2. The summed E-state index contributed by atoms with van der Waals surface area (Å²) in [6.45, 7) is 4.49. The van der Waals surface area contributed by atoms with E-state index in [0.717, 1.165) is 25.0 Å². The van der Waals surface area contributed by atoms with Crippen molar-refractivity contribution < 1.29 is 28.5 Å². The zero-order valence-electron chi connectivity index (χ0n) is 18.8. The quantitative estimate of drug-likeness (QED) is 0.158. The molecule has 2 aromatic carbocycles. The largest absolute Gasteiger partial charge is 0.494 e. The van der Waals surface area contributed by atoms with Crippen LogP contribution in [-0.4, -0.2) is 18.5 Å². The average molecular weight is 446 g/mol. The first-order chi connectivity index (χ1) is 16.1. The predicted octanol–water partition coefficient (Wildman–Crippen LogP) is 5.08. The lowest BCUT2D eigenvalue weighted by Crippen LogP contribution is -2.08. The lowest BCUT2D eigenvalue weighted by Gasteiger charge is -2.07. The van der Waals surface area contributed by atoms with E-state index in [-0.39, 0.29) is 5.75 Å². The standard InChI is InChI=1S/C27H26O6/c1-3-5-7-9-21-31-23-12-16-25(17-13-23)33-27(29)19-18-26(28)32-24-14-10-22(11-15-24)30-20-8-6-4-2/h10-19H,3,5,7,9,21H2,1-2H3. The molecule has 170 valence electrons. The molecule has 6 heteroatoms. The summed E-state index contributed by atoms with van der Waals surface area (Å²) in [7, 11) is 0. The normalized spacial score (nSPS) is 9.76. The van der Waals surface area contributed by atoms with E-state index in [4.69, 9.17) is 18.9 Å². The molecule has 0 aromatic heterocycles. The number of hydrogen-bond acceptors (Lipinski definition) is 6. The molecule has 0 N–H and O–H groups in total. The van der Waals surface area contributed by atoms with Gasteiger partial charge < -0.3 is 18.9 Å². The molecule has 2 rings (SSSR count). The van der Waals surface area contributed by atoms with Crippen LogP contribution in [0.1, 0.15) is 39.5 Å². The monoisotopic (exact) mass is 446 g/mol. The van der Waals surface area contributed by atoms with Gasteiger partial charge in [0.1, 0.15) is 29.1 Å². The van der Waals surface area contributed by atoms with Gasteiger partial charge in [-0.1, -0.05) is 32.1 Å². The van der Waals surface area contributed by atoms with E-state index in [1.165, 1.54) is 12.8 Å². The van der Waals surface area contributed by atoms with Crippen LogP contribution in [0.25, 0.3) is 0 Å². The lowest BCUT2D eigenvalue weighted by molar-refractivity contribution is -0.131. The first kappa shape index (κ1) is 25.1. The van der Waals surface area contributed by atoms with Gasteiger partial charge in [0.05, 0.1) is 6.61 Å². The molecule has 0 atom stereocenters. The Bertz CT molecular complexity index is 1040. The first-order valence-electron chi connectivity index (χ1n) is 10.6. The summed E-state index contributed by atoms with van der Waals surface area (Å²) in [6, 6.07) is 13.0. The van der Waals surface area contributed by atoms with Crippen molar-refractivity contribution >= 4 is 11.9 Å². The number of unbranched alkanes of at least 4 members (excludes halogenated alkanes) is 3. The highest BCUT2D eigenvalue weighted by atomic mass is 16.5. The number of rotatable bonds is 11. The van der Waals surface area contributed by atoms with Crippen LogP contribution in [0, 0.1) is 23.9 Å². The zero-order valence-corrected chi connectivity index (χ0v) is 18.8. The molecule has 0 spiro atoms. The number of carbonyl (C=O) groups is 2. The topological polar surface area (TPSA) is 71.1 Å². The van der Waals surface area contributed by atoms with Crippen molar-refractivity contribution in [3.63, 3.8) is 0 Å². The van der Waals surface area contributed by atoms with Crippen LogP contribution in [0.2, 0.25) is 0 Å². The fourth-order valence-electron chi connectivity index (χ4n) is 2.51. The molecule has 2 aromatic rings. The maximum absolute atomic E-state index is 11.9. The van der Waals surface area contributed by atoms with Crippen molar-refractivity contribution in [3.05, 3.63) is 60.7 Å². The van der Waals surface area contributed by atoms with E-state index in [0.29, 0.717) is 23.9 Å². The SMILES string of the molecule is CC#CC#COc1ccc(OC(=O)C=CC(=O)Oc2ccc(OCCCCCC)cc2)cc1. The zero-order chi connectivity index (χ0) is 23.7. The minimum Gasteiger partial charge on any atom is -0.494 e. The summed E-state index contributed by atoms with van der Waals surface area (Å²) in [4.78, 5) is 23.8. The molecule has 0 fully saturated rings. The predicted molar refractivity (Wildman–Crippen MR) is 125 cm³/mol. The second-order valence-electron chi connectivity index (χ2n) is 6.73. The third kappa shape index (κ3) is 10.6. The Morgan fingerprint density at radius 1 is 0.758 bits per heavy atom. The molecule has 0 aliphatic carbocycles. The molecule has 0 bridgehead atoms. The average Bonchev–Trinajstić information content (AvgIpc) is 2.82. The summed E-state index contributed by atoms with van der Waals surface area (Å²) in [5, 5.41) is 0. The molecule has 6 nitrogen and oxygen atoms in total. The molecular weight excluding hydrogens is 420 g/mol.